The van der Waals surface area contributed by atoms with Gasteiger partial charge >= 0.3 is 12.0 Å². The van der Waals surface area contributed by atoms with Crippen LogP contribution in [-0.4, -0.2) is 53.6 Å². The van der Waals surface area contributed by atoms with Crippen molar-refractivity contribution in [3.05, 3.63) is 35.9 Å². The number of amides is 2. The Morgan fingerprint density at radius 3 is 2.48 bits per heavy atom. The van der Waals surface area contributed by atoms with Crippen LogP contribution in [0.15, 0.2) is 30.3 Å². The van der Waals surface area contributed by atoms with Crippen LogP contribution in [0.25, 0.3) is 0 Å². The maximum atomic E-state index is 12.0. The van der Waals surface area contributed by atoms with Gasteiger partial charge in [0.2, 0.25) is 0 Å². The Hall–Kier alpha value is -1.69. The molecular formula is C15H22N2O3S. The molecule has 1 aromatic rings. The first-order valence-electron chi connectivity index (χ1n) is 6.74. The molecule has 0 aromatic heterocycles. The fourth-order valence-electron chi connectivity index (χ4n) is 1.90. The normalized spacial score (nSPS) is 13.3. The zero-order chi connectivity index (χ0) is 15.8. The van der Waals surface area contributed by atoms with Gasteiger partial charge in [-0.25, -0.2) is 4.79 Å². The van der Waals surface area contributed by atoms with Crippen LogP contribution in [0.1, 0.15) is 18.4 Å². The van der Waals surface area contributed by atoms with Gasteiger partial charge < -0.3 is 15.3 Å². The molecule has 0 fully saturated rings. The van der Waals surface area contributed by atoms with E-state index in [0.717, 1.165) is 5.75 Å². The predicted molar refractivity (Wildman–Crippen MR) is 85.8 cm³/mol. The van der Waals surface area contributed by atoms with Crippen LogP contribution in [0.2, 0.25) is 0 Å². The Bertz CT molecular complexity index is 467. The van der Waals surface area contributed by atoms with Crippen LogP contribution in [0, 0.1) is 0 Å². The minimum Gasteiger partial charge on any atom is -0.481 e. The summed E-state index contributed by atoms with van der Waals surface area (Å²) in [5.41, 5.74) is 0.685. The van der Waals surface area contributed by atoms with Gasteiger partial charge in [0.1, 0.15) is 0 Å². The molecule has 0 saturated carbocycles. The Morgan fingerprint density at radius 2 is 1.95 bits per heavy atom. The molecule has 116 valence electrons. The quantitative estimate of drug-likeness (QED) is 0.810. The number of carboxylic acid groups (broad SMARTS) is 1. The minimum atomic E-state index is -0.943. The van der Waals surface area contributed by atoms with Crippen LogP contribution in [0.5, 0.6) is 0 Å². The summed E-state index contributed by atoms with van der Waals surface area (Å²) in [6.45, 7) is 2.04. The molecule has 1 aromatic carbocycles. The molecule has 0 aliphatic rings. The van der Waals surface area contributed by atoms with Gasteiger partial charge in [-0.05, 0) is 18.7 Å². The van der Waals surface area contributed by atoms with E-state index in [1.165, 1.54) is 0 Å². The maximum absolute atomic E-state index is 12.0. The van der Waals surface area contributed by atoms with Crippen molar-refractivity contribution in [1.82, 2.24) is 10.2 Å². The van der Waals surface area contributed by atoms with Crippen molar-refractivity contribution >= 4 is 23.8 Å². The van der Waals surface area contributed by atoms with E-state index in [1.807, 2.05) is 19.2 Å². The van der Waals surface area contributed by atoms with Gasteiger partial charge in [-0.3, -0.25) is 4.79 Å². The van der Waals surface area contributed by atoms with Crippen LogP contribution in [0.3, 0.4) is 0 Å². The molecule has 0 saturated heterocycles. The van der Waals surface area contributed by atoms with Gasteiger partial charge in [-0.15, -0.1) is 0 Å². The van der Waals surface area contributed by atoms with E-state index in [0.29, 0.717) is 5.56 Å². The number of carbonyl (C=O) groups is 2. The molecule has 2 N–H and O–H groups in total. The number of aliphatic carboxylic acids is 1. The summed E-state index contributed by atoms with van der Waals surface area (Å²) in [4.78, 5) is 25.0. The van der Waals surface area contributed by atoms with E-state index in [9.17, 15) is 14.7 Å². The van der Waals surface area contributed by atoms with Crippen LogP contribution in [0.4, 0.5) is 4.79 Å². The lowest BCUT2D eigenvalue weighted by Gasteiger charge is -2.25. The average Bonchev–Trinajstić information content (AvgIpc) is 2.47. The molecule has 5 nitrogen and oxygen atoms in total. The molecule has 2 amide bonds. The second-order valence-corrected chi connectivity index (χ2v) is 5.81. The van der Waals surface area contributed by atoms with E-state index in [1.54, 1.807) is 48.0 Å². The van der Waals surface area contributed by atoms with Crippen molar-refractivity contribution in [3.8, 4) is 0 Å². The molecule has 1 rings (SSSR count). The first kappa shape index (κ1) is 17.4. The zero-order valence-electron chi connectivity index (χ0n) is 12.6. The van der Waals surface area contributed by atoms with Crippen molar-refractivity contribution in [1.29, 1.82) is 0 Å². The summed E-state index contributed by atoms with van der Waals surface area (Å²) in [6.07, 6.45) is 1.98. The molecule has 2 atom stereocenters. The number of nitrogens with one attached hydrogen (secondary N) is 1. The van der Waals surface area contributed by atoms with Gasteiger partial charge in [0.05, 0.1) is 5.92 Å². The van der Waals surface area contributed by atoms with E-state index in [4.69, 9.17) is 0 Å². The Morgan fingerprint density at radius 1 is 1.33 bits per heavy atom. The van der Waals surface area contributed by atoms with Crippen molar-refractivity contribution in [2.24, 2.45) is 0 Å². The highest BCUT2D eigenvalue weighted by Crippen LogP contribution is 2.15. The molecular weight excluding hydrogens is 288 g/mol. The summed E-state index contributed by atoms with van der Waals surface area (Å²) in [5, 5.41) is 12.0. The number of urea groups is 1. The molecule has 0 bridgehead atoms. The third-order valence-corrected chi connectivity index (χ3v) is 4.16. The fourth-order valence-corrected chi connectivity index (χ4v) is 2.61. The van der Waals surface area contributed by atoms with Crippen molar-refractivity contribution in [3.63, 3.8) is 0 Å². The molecule has 0 spiro atoms. The SMILES string of the molecule is CSCC(C)N(C)C(=O)NCC(C(=O)O)c1ccccc1. The summed E-state index contributed by atoms with van der Waals surface area (Å²) in [7, 11) is 1.72. The molecule has 6 heteroatoms. The van der Waals surface area contributed by atoms with Crippen LogP contribution >= 0.6 is 11.8 Å². The third-order valence-electron chi connectivity index (χ3n) is 3.35. The lowest BCUT2D eigenvalue weighted by atomic mass is 9.99. The van der Waals surface area contributed by atoms with Crippen molar-refractivity contribution < 1.29 is 14.7 Å². The number of thioether (sulfide) groups is 1. The smallest absolute Gasteiger partial charge is 0.317 e. The maximum Gasteiger partial charge on any atom is 0.317 e. The Balaban J connectivity index is 2.62. The lowest BCUT2D eigenvalue weighted by molar-refractivity contribution is -0.138. The van der Waals surface area contributed by atoms with Gasteiger partial charge in [0.25, 0.3) is 0 Å². The van der Waals surface area contributed by atoms with Gasteiger partial charge in [0, 0.05) is 25.4 Å². The van der Waals surface area contributed by atoms with Gasteiger partial charge in [0.15, 0.2) is 0 Å². The monoisotopic (exact) mass is 310 g/mol. The molecule has 21 heavy (non-hydrogen) atoms. The molecule has 2 unspecified atom stereocenters. The lowest BCUT2D eigenvalue weighted by Crippen LogP contribution is -2.45. The topological polar surface area (TPSA) is 69.6 Å². The average molecular weight is 310 g/mol. The molecule has 0 aliphatic carbocycles. The highest BCUT2D eigenvalue weighted by molar-refractivity contribution is 7.98. The van der Waals surface area contributed by atoms with Gasteiger partial charge in [-0.1, -0.05) is 30.3 Å². The number of carboxylic acids is 1. The van der Waals surface area contributed by atoms with Gasteiger partial charge in [-0.2, -0.15) is 11.8 Å². The van der Waals surface area contributed by atoms with E-state index in [-0.39, 0.29) is 18.6 Å². The summed E-state index contributed by atoms with van der Waals surface area (Å²) in [6, 6.07) is 8.77. The van der Waals surface area contributed by atoms with Crippen LogP contribution < -0.4 is 5.32 Å². The molecule has 0 heterocycles. The zero-order valence-corrected chi connectivity index (χ0v) is 13.4. The summed E-state index contributed by atoms with van der Waals surface area (Å²) in [5.74, 6) is -0.842. The highest BCUT2D eigenvalue weighted by Gasteiger charge is 2.22. The Kier molecular flexibility index (Phi) is 7.08. The largest absolute Gasteiger partial charge is 0.481 e. The standard InChI is InChI=1S/C15H22N2O3S/c1-11(10-21-3)17(2)15(20)16-9-13(14(18)19)12-7-5-4-6-8-12/h4-8,11,13H,9-10H2,1-3H3,(H,16,20)(H,18,19). The summed E-state index contributed by atoms with van der Waals surface area (Å²) >= 11 is 1.67. The van der Waals surface area contributed by atoms with E-state index in [2.05, 4.69) is 5.32 Å². The second kappa shape index (κ2) is 8.56. The van der Waals surface area contributed by atoms with E-state index >= 15 is 0 Å². The Labute approximate surface area is 129 Å². The number of benzene rings is 1. The minimum absolute atomic E-state index is 0.0779. The second-order valence-electron chi connectivity index (χ2n) is 4.90. The number of hydrogen-bond donors (Lipinski definition) is 2. The number of hydrogen-bond acceptors (Lipinski definition) is 3. The number of nitrogens with zero attached hydrogens (tertiary/aromatic N) is 1. The fraction of sp³-hybridized carbons (Fsp3) is 0.467. The molecule has 0 radical (unpaired) electrons. The number of rotatable bonds is 7. The van der Waals surface area contributed by atoms with Crippen molar-refractivity contribution in [2.75, 3.05) is 25.6 Å². The first-order chi connectivity index (χ1) is 9.97. The highest BCUT2D eigenvalue weighted by atomic mass is 32.2. The van der Waals surface area contributed by atoms with E-state index < -0.39 is 11.9 Å². The van der Waals surface area contributed by atoms with Crippen LogP contribution in [-0.2, 0) is 4.79 Å². The summed E-state index contributed by atoms with van der Waals surface area (Å²) < 4.78 is 0. The van der Waals surface area contributed by atoms with Crippen molar-refractivity contribution in [2.45, 2.75) is 18.9 Å². The third kappa shape index (κ3) is 5.30. The number of carbonyl (C=O) groups excluding carboxylic acids is 1. The molecule has 0 aliphatic heterocycles. The predicted octanol–water partition coefficient (Wildman–Crippen LogP) is 2.25. The first-order valence-corrected chi connectivity index (χ1v) is 8.14.